The summed E-state index contributed by atoms with van der Waals surface area (Å²) in [6.07, 6.45) is 0.0736. The number of aromatic nitrogens is 2. The molecule has 4 rings (SSSR count). The minimum Gasteiger partial charge on any atom is -0.458 e. The number of benzene rings is 1. The summed E-state index contributed by atoms with van der Waals surface area (Å²) in [5.41, 5.74) is 2.36. The molecule has 3 heterocycles. The number of hydrogen-bond donors (Lipinski definition) is 0. The number of rotatable bonds is 4. The van der Waals surface area contributed by atoms with E-state index in [0.29, 0.717) is 23.9 Å². The van der Waals surface area contributed by atoms with E-state index in [0.717, 1.165) is 26.6 Å². The maximum absolute atomic E-state index is 12.1. The Kier molecular flexibility index (Phi) is 4.13. The van der Waals surface area contributed by atoms with Gasteiger partial charge in [0.2, 0.25) is 0 Å². The molecule has 0 aliphatic carbocycles. The predicted molar refractivity (Wildman–Crippen MR) is 96.4 cm³/mol. The summed E-state index contributed by atoms with van der Waals surface area (Å²) in [5.74, 6) is 0.405. The predicted octanol–water partition coefficient (Wildman–Crippen LogP) is 3.53. The normalized spacial score (nSPS) is 14.8. The Morgan fingerprint density at radius 2 is 2.24 bits per heavy atom. The van der Waals surface area contributed by atoms with Gasteiger partial charge in [-0.25, -0.2) is 4.98 Å². The largest absolute Gasteiger partial charge is 0.458 e. The van der Waals surface area contributed by atoms with E-state index in [2.05, 4.69) is 15.0 Å². The third-order valence-electron chi connectivity index (χ3n) is 4.28. The highest BCUT2D eigenvalue weighted by atomic mass is 35.5. The van der Waals surface area contributed by atoms with Crippen LogP contribution in [0.2, 0.25) is 5.02 Å². The van der Waals surface area contributed by atoms with Crippen molar-refractivity contribution in [1.82, 2.24) is 10.1 Å². The Labute approximate surface area is 153 Å². The number of hydrogen-bond acceptors (Lipinski definition) is 7. The van der Waals surface area contributed by atoms with E-state index < -0.39 is 0 Å². The van der Waals surface area contributed by atoms with Gasteiger partial charge in [-0.2, -0.15) is 0 Å². The van der Waals surface area contributed by atoms with Crippen LogP contribution in [-0.4, -0.2) is 35.3 Å². The van der Waals surface area contributed by atoms with Crippen molar-refractivity contribution in [2.24, 2.45) is 0 Å². The maximum Gasteiger partial charge on any atom is 0.310 e. The number of nitrogens with zero attached hydrogens (tertiary/aromatic N) is 3. The van der Waals surface area contributed by atoms with Crippen LogP contribution in [0.4, 0.5) is 5.13 Å². The van der Waals surface area contributed by atoms with Crippen LogP contribution in [0.1, 0.15) is 17.0 Å². The first-order chi connectivity index (χ1) is 12.0. The van der Waals surface area contributed by atoms with Crippen molar-refractivity contribution in [1.29, 1.82) is 0 Å². The quantitative estimate of drug-likeness (QED) is 0.648. The molecule has 3 aromatic rings. The lowest BCUT2D eigenvalue weighted by atomic mass is 10.1. The number of anilines is 1. The van der Waals surface area contributed by atoms with E-state index in [1.54, 1.807) is 18.3 Å². The zero-order chi connectivity index (χ0) is 17.6. The Balaban J connectivity index is 1.35. The van der Waals surface area contributed by atoms with E-state index >= 15 is 0 Å². The lowest BCUT2D eigenvalue weighted by molar-refractivity contribution is -0.149. The number of fused-ring (bicyclic) bond motifs is 1. The number of thiazole rings is 1. The summed E-state index contributed by atoms with van der Waals surface area (Å²) in [7, 11) is 0. The molecule has 0 radical (unpaired) electrons. The zero-order valence-corrected chi connectivity index (χ0v) is 15.4. The number of carbonyl (C=O) groups is 1. The van der Waals surface area contributed by atoms with Crippen molar-refractivity contribution in [2.45, 2.75) is 26.4 Å². The summed E-state index contributed by atoms with van der Waals surface area (Å²) in [6.45, 7) is 4.91. The van der Waals surface area contributed by atoms with Gasteiger partial charge >= 0.3 is 5.97 Å². The molecular formula is C17H16ClN3O3S. The highest BCUT2D eigenvalue weighted by Crippen LogP contribution is 2.34. The lowest BCUT2D eigenvalue weighted by Crippen LogP contribution is -2.53. The van der Waals surface area contributed by atoms with Crippen molar-refractivity contribution in [3.8, 4) is 0 Å². The van der Waals surface area contributed by atoms with E-state index in [4.69, 9.17) is 20.9 Å². The van der Waals surface area contributed by atoms with Crippen molar-refractivity contribution in [3.05, 3.63) is 40.2 Å². The van der Waals surface area contributed by atoms with Crippen LogP contribution in [0.5, 0.6) is 0 Å². The van der Waals surface area contributed by atoms with Gasteiger partial charge in [0, 0.05) is 5.56 Å². The molecule has 25 heavy (non-hydrogen) atoms. The van der Waals surface area contributed by atoms with Gasteiger partial charge in [-0.1, -0.05) is 34.2 Å². The lowest BCUT2D eigenvalue weighted by Gasteiger charge is -2.38. The number of halogens is 1. The van der Waals surface area contributed by atoms with E-state index in [1.807, 2.05) is 25.1 Å². The Morgan fingerprint density at radius 1 is 1.44 bits per heavy atom. The van der Waals surface area contributed by atoms with Crippen molar-refractivity contribution in [2.75, 3.05) is 18.0 Å². The monoisotopic (exact) mass is 377 g/mol. The van der Waals surface area contributed by atoms with Crippen LogP contribution < -0.4 is 4.90 Å². The van der Waals surface area contributed by atoms with Crippen molar-refractivity contribution in [3.63, 3.8) is 0 Å². The fourth-order valence-corrected chi connectivity index (χ4v) is 4.12. The van der Waals surface area contributed by atoms with E-state index in [-0.39, 0.29) is 18.5 Å². The van der Waals surface area contributed by atoms with Crippen LogP contribution in [0.3, 0.4) is 0 Å². The first-order valence-corrected chi connectivity index (χ1v) is 9.12. The number of ether oxygens (including phenoxy) is 1. The highest BCUT2D eigenvalue weighted by Gasteiger charge is 2.32. The molecule has 0 unspecified atom stereocenters. The van der Waals surface area contributed by atoms with Crippen molar-refractivity contribution >= 4 is 44.3 Å². The average molecular weight is 378 g/mol. The second-order valence-electron chi connectivity index (χ2n) is 6.08. The standard InChI is InChI=1S/C17H16ClN3O3S/c1-9-12(10(2)24-20-9)6-15(22)23-11-7-21(8-11)17-19-16-13(18)4-3-5-14(16)25-17/h3-5,11H,6-8H2,1-2H3. The third-order valence-corrected chi connectivity index (χ3v) is 5.66. The summed E-state index contributed by atoms with van der Waals surface area (Å²) in [5, 5.41) is 5.41. The van der Waals surface area contributed by atoms with Gasteiger partial charge in [0.05, 0.1) is 34.9 Å². The summed E-state index contributed by atoms with van der Waals surface area (Å²) < 4.78 is 11.6. The SMILES string of the molecule is Cc1noc(C)c1CC(=O)OC1CN(c2nc3c(Cl)cccc3s2)C1. The first kappa shape index (κ1) is 16.4. The molecule has 2 aromatic heterocycles. The van der Waals surface area contributed by atoms with Crippen LogP contribution in [0.15, 0.2) is 22.7 Å². The molecule has 0 spiro atoms. The summed E-state index contributed by atoms with van der Waals surface area (Å²) in [4.78, 5) is 18.8. The summed E-state index contributed by atoms with van der Waals surface area (Å²) >= 11 is 7.76. The molecule has 0 bridgehead atoms. The molecule has 1 saturated heterocycles. The fourth-order valence-electron chi connectivity index (χ4n) is 2.83. The molecule has 1 aliphatic rings. The molecule has 8 heteroatoms. The minimum absolute atomic E-state index is 0.115. The molecule has 1 aliphatic heterocycles. The molecule has 0 saturated carbocycles. The smallest absolute Gasteiger partial charge is 0.310 e. The van der Waals surface area contributed by atoms with Crippen molar-refractivity contribution < 1.29 is 14.1 Å². The molecule has 1 aromatic carbocycles. The minimum atomic E-state index is -0.258. The van der Waals surface area contributed by atoms with Crippen LogP contribution >= 0.6 is 22.9 Å². The van der Waals surface area contributed by atoms with Gasteiger partial charge < -0.3 is 14.2 Å². The molecule has 1 fully saturated rings. The molecule has 6 nitrogen and oxygen atoms in total. The Morgan fingerprint density at radius 3 is 2.92 bits per heavy atom. The van der Waals surface area contributed by atoms with Gasteiger partial charge in [-0.15, -0.1) is 0 Å². The van der Waals surface area contributed by atoms with Crippen LogP contribution in [-0.2, 0) is 16.0 Å². The summed E-state index contributed by atoms with van der Waals surface area (Å²) in [6, 6.07) is 5.76. The average Bonchev–Trinajstić information content (AvgIpc) is 3.10. The van der Waals surface area contributed by atoms with E-state index in [9.17, 15) is 4.79 Å². The second-order valence-corrected chi connectivity index (χ2v) is 7.50. The molecule has 0 atom stereocenters. The zero-order valence-electron chi connectivity index (χ0n) is 13.8. The highest BCUT2D eigenvalue weighted by molar-refractivity contribution is 7.22. The van der Waals surface area contributed by atoms with Gasteiger partial charge in [-0.3, -0.25) is 4.79 Å². The van der Waals surface area contributed by atoms with Gasteiger partial charge in [0.25, 0.3) is 0 Å². The van der Waals surface area contributed by atoms with Gasteiger partial charge in [0.15, 0.2) is 5.13 Å². The Bertz CT molecular complexity index is 926. The van der Waals surface area contributed by atoms with E-state index in [1.165, 1.54) is 0 Å². The molecule has 0 N–H and O–H groups in total. The number of para-hydroxylation sites is 1. The number of esters is 1. The number of carbonyl (C=O) groups excluding carboxylic acids is 1. The topological polar surface area (TPSA) is 68.5 Å². The second kappa shape index (κ2) is 6.31. The van der Waals surface area contributed by atoms with Gasteiger partial charge in [-0.05, 0) is 26.0 Å². The Hall–Kier alpha value is -2.12. The maximum atomic E-state index is 12.1. The molecule has 0 amide bonds. The molecular weight excluding hydrogens is 362 g/mol. The fraction of sp³-hybridized carbons (Fsp3) is 0.353. The van der Waals surface area contributed by atoms with Crippen LogP contribution in [0, 0.1) is 13.8 Å². The third kappa shape index (κ3) is 3.09. The number of aryl methyl sites for hydroxylation is 2. The first-order valence-electron chi connectivity index (χ1n) is 7.92. The molecule has 130 valence electrons. The van der Waals surface area contributed by atoms with Gasteiger partial charge in [0.1, 0.15) is 17.4 Å². The van der Waals surface area contributed by atoms with Crippen LogP contribution in [0.25, 0.3) is 10.2 Å².